The number of esters is 1. The van der Waals surface area contributed by atoms with E-state index in [1.807, 2.05) is 12.1 Å². The van der Waals surface area contributed by atoms with E-state index in [9.17, 15) is 9.59 Å². The second kappa shape index (κ2) is 4.57. The average Bonchev–Trinajstić information content (AvgIpc) is 2.37. The van der Waals surface area contributed by atoms with Crippen molar-refractivity contribution in [1.82, 2.24) is 0 Å². The second-order valence-electron chi connectivity index (χ2n) is 3.99. The van der Waals surface area contributed by atoms with E-state index in [1.54, 1.807) is 13.2 Å². The highest BCUT2D eigenvalue weighted by Crippen LogP contribution is 2.32. The Kier molecular flexibility index (Phi) is 3.13. The molecule has 4 nitrogen and oxygen atoms in total. The van der Waals surface area contributed by atoms with Crippen LogP contribution in [0.3, 0.4) is 0 Å². The van der Waals surface area contributed by atoms with Crippen molar-refractivity contribution in [3.8, 4) is 5.75 Å². The lowest BCUT2D eigenvalue weighted by molar-refractivity contribution is -0.146. The van der Waals surface area contributed by atoms with Gasteiger partial charge in [0.1, 0.15) is 11.7 Å². The molecule has 1 atom stereocenters. The molecule has 1 aliphatic rings. The molecule has 0 saturated heterocycles. The maximum absolute atomic E-state index is 11.8. The van der Waals surface area contributed by atoms with Crippen LogP contribution >= 0.6 is 0 Å². The number of hydrogen-bond donors (Lipinski definition) is 0. The molecule has 0 saturated carbocycles. The molecule has 1 aromatic carbocycles. The molecule has 0 spiro atoms. The maximum Gasteiger partial charge on any atom is 0.320 e. The summed E-state index contributed by atoms with van der Waals surface area (Å²) in [5, 5.41) is 0. The fourth-order valence-corrected chi connectivity index (χ4v) is 2.15. The number of fused-ring (bicyclic) bond motifs is 1. The van der Waals surface area contributed by atoms with Gasteiger partial charge in [0.15, 0.2) is 5.78 Å². The van der Waals surface area contributed by atoms with Gasteiger partial charge >= 0.3 is 5.97 Å². The van der Waals surface area contributed by atoms with Crippen LogP contribution in [-0.4, -0.2) is 26.0 Å². The molecule has 0 radical (unpaired) electrons. The lowest BCUT2D eigenvalue weighted by Gasteiger charge is -2.22. The molecule has 0 heterocycles. The van der Waals surface area contributed by atoms with Crippen LogP contribution in [0.5, 0.6) is 5.75 Å². The van der Waals surface area contributed by atoms with Gasteiger partial charge in [0.05, 0.1) is 14.2 Å². The Morgan fingerprint density at radius 1 is 1.29 bits per heavy atom. The van der Waals surface area contributed by atoms with Gasteiger partial charge in [-0.3, -0.25) is 9.59 Å². The minimum absolute atomic E-state index is 0.0856. The zero-order chi connectivity index (χ0) is 12.4. The highest BCUT2D eigenvalue weighted by molar-refractivity contribution is 6.05. The summed E-state index contributed by atoms with van der Waals surface area (Å²) in [6, 6.07) is 5.48. The van der Waals surface area contributed by atoms with Crippen molar-refractivity contribution >= 4 is 11.8 Å². The van der Waals surface area contributed by atoms with Gasteiger partial charge in [-0.25, -0.2) is 0 Å². The minimum Gasteiger partial charge on any atom is -0.497 e. The first-order valence-electron chi connectivity index (χ1n) is 5.44. The van der Waals surface area contributed by atoms with Crippen LogP contribution < -0.4 is 4.74 Å². The summed E-state index contributed by atoms with van der Waals surface area (Å²) in [7, 11) is 2.85. The largest absolute Gasteiger partial charge is 0.497 e. The number of benzene rings is 1. The Labute approximate surface area is 99.5 Å². The fourth-order valence-electron chi connectivity index (χ4n) is 2.15. The van der Waals surface area contributed by atoms with E-state index < -0.39 is 11.9 Å². The van der Waals surface area contributed by atoms with E-state index in [-0.39, 0.29) is 5.78 Å². The molecule has 0 aliphatic heterocycles. The lowest BCUT2D eigenvalue weighted by atomic mass is 9.82. The molecular weight excluding hydrogens is 220 g/mol. The van der Waals surface area contributed by atoms with Crippen molar-refractivity contribution in [2.75, 3.05) is 14.2 Å². The molecule has 17 heavy (non-hydrogen) atoms. The summed E-state index contributed by atoms with van der Waals surface area (Å²) in [6.07, 6.45) is 1.06. The molecule has 0 N–H and O–H groups in total. The van der Waals surface area contributed by atoms with Crippen LogP contribution in [0.15, 0.2) is 18.2 Å². The van der Waals surface area contributed by atoms with Gasteiger partial charge < -0.3 is 9.47 Å². The Bertz CT molecular complexity index is 464. The first-order chi connectivity index (χ1) is 8.17. The Hall–Kier alpha value is -1.84. The van der Waals surface area contributed by atoms with E-state index in [4.69, 9.17) is 4.74 Å². The SMILES string of the molecule is COC(=O)[C@H]1C(=O)CCc2ccc(OC)cc21. The van der Waals surface area contributed by atoms with Crippen molar-refractivity contribution < 1.29 is 19.1 Å². The molecule has 90 valence electrons. The number of aryl methyl sites for hydroxylation is 1. The first-order valence-corrected chi connectivity index (χ1v) is 5.44. The number of hydrogen-bond acceptors (Lipinski definition) is 4. The number of carbonyl (C=O) groups is 2. The predicted molar refractivity (Wildman–Crippen MR) is 61.1 cm³/mol. The number of ketones is 1. The van der Waals surface area contributed by atoms with Crippen molar-refractivity contribution in [1.29, 1.82) is 0 Å². The summed E-state index contributed by atoms with van der Waals surface area (Å²) in [5.74, 6) is -0.729. The standard InChI is InChI=1S/C13H14O4/c1-16-9-5-3-8-4-6-11(14)12(10(8)7-9)13(15)17-2/h3,5,7,12H,4,6H2,1-2H3/t12-/m1/s1. The summed E-state index contributed by atoms with van der Waals surface area (Å²) in [4.78, 5) is 23.5. The zero-order valence-corrected chi connectivity index (χ0v) is 9.86. The topological polar surface area (TPSA) is 52.6 Å². The summed E-state index contributed by atoms with van der Waals surface area (Å²) < 4.78 is 9.80. The first kappa shape index (κ1) is 11.6. The van der Waals surface area contributed by atoms with Gasteiger partial charge in [0, 0.05) is 6.42 Å². The summed E-state index contributed by atoms with van der Waals surface area (Å²) in [5.41, 5.74) is 1.73. The maximum atomic E-state index is 11.8. The third-order valence-corrected chi connectivity index (χ3v) is 3.06. The van der Waals surface area contributed by atoms with Gasteiger partial charge in [0.2, 0.25) is 0 Å². The third-order valence-electron chi connectivity index (χ3n) is 3.06. The van der Waals surface area contributed by atoms with Crippen LogP contribution in [0.2, 0.25) is 0 Å². The van der Waals surface area contributed by atoms with Gasteiger partial charge in [-0.05, 0) is 29.7 Å². The highest BCUT2D eigenvalue weighted by Gasteiger charge is 2.34. The van der Waals surface area contributed by atoms with Crippen molar-refractivity contribution in [3.05, 3.63) is 29.3 Å². The van der Waals surface area contributed by atoms with Crippen LogP contribution in [0, 0.1) is 0 Å². The Morgan fingerprint density at radius 2 is 2.06 bits per heavy atom. The van der Waals surface area contributed by atoms with E-state index >= 15 is 0 Å². The zero-order valence-electron chi connectivity index (χ0n) is 9.86. The normalized spacial score (nSPS) is 18.5. The molecule has 2 rings (SSSR count). The van der Waals surface area contributed by atoms with Crippen LogP contribution in [0.4, 0.5) is 0 Å². The summed E-state index contributed by atoms with van der Waals surface area (Å²) in [6.45, 7) is 0. The number of carbonyl (C=O) groups excluding carboxylic acids is 2. The minimum atomic E-state index is -0.793. The van der Waals surface area contributed by atoms with Crippen molar-refractivity contribution in [3.63, 3.8) is 0 Å². The number of methoxy groups -OCH3 is 2. The number of rotatable bonds is 2. The molecular formula is C13H14O4. The van der Waals surface area contributed by atoms with Crippen LogP contribution in [0.25, 0.3) is 0 Å². The van der Waals surface area contributed by atoms with E-state index in [2.05, 4.69) is 4.74 Å². The smallest absolute Gasteiger partial charge is 0.320 e. The van der Waals surface area contributed by atoms with E-state index in [0.717, 1.165) is 5.56 Å². The molecule has 1 aliphatic carbocycles. The molecule has 0 unspecified atom stereocenters. The fraction of sp³-hybridized carbons (Fsp3) is 0.385. The van der Waals surface area contributed by atoms with Crippen LogP contribution in [-0.2, 0) is 20.7 Å². The number of ether oxygens (including phenoxy) is 2. The van der Waals surface area contributed by atoms with Gasteiger partial charge in [-0.15, -0.1) is 0 Å². The molecule has 0 amide bonds. The lowest BCUT2D eigenvalue weighted by Crippen LogP contribution is -2.28. The van der Waals surface area contributed by atoms with Gasteiger partial charge in [-0.1, -0.05) is 6.07 Å². The monoisotopic (exact) mass is 234 g/mol. The van der Waals surface area contributed by atoms with Crippen LogP contribution in [0.1, 0.15) is 23.5 Å². The predicted octanol–water partition coefficient (Wildman–Crippen LogP) is 1.47. The van der Waals surface area contributed by atoms with Gasteiger partial charge in [-0.2, -0.15) is 0 Å². The third kappa shape index (κ3) is 2.02. The van der Waals surface area contributed by atoms with E-state index in [1.165, 1.54) is 7.11 Å². The Morgan fingerprint density at radius 3 is 2.71 bits per heavy atom. The van der Waals surface area contributed by atoms with E-state index in [0.29, 0.717) is 24.2 Å². The van der Waals surface area contributed by atoms with Gasteiger partial charge in [0.25, 0.3) is 0 Å². The second-order valence-corrected chi connectivity index (χ2v) is 3.99. The molecule has 0 bridgehead atoms. The average molecular weight is 234 g/mol. The summed E-state index contributed by atoms with van der Waals surface area (Å²) >= 11 is 0. The quantitative estimate of drug-likeness (QED) is 0.574. The Balaban J connectivity index is 2.48. The number of Topliss-reactive ketones (excluding diaryl/α,β-unsaturated/α-hetero) is 1. The van der Waals surface area contributed by atoms with Crippen molar-refractivity contribution in [2.24, 2.45) is 0 Å². The highest BCUT2D eigenvalue weighted by atomic mass is 16.5. The van der Waals surface area contributed by atoms with Crippen molar-refractivity contribution in [2.45, 2.75) is 18.8 Å². The molecule has 0 aromatic heterocycles. The molecule has 0 fully saturated rings. The molecule has 1 aromatic rings. The molecule has 4 heteroatoms.